The van der Waals surface area contributed by atoms with Gasteiger partial charge < -0.3 is 0 Å². The van der Waals surface area contributed by atoms with Crippen LogP contribution in [0.25, 0.3) is 0 Å². The van der Waals surface area contributed by atoms with Gasteiger partial charge in [0.15, 0.2) is 6.29 Å². The van der Waals surface area contributed by atoms with Crippen LogP contribution in [0.4, 0.5) is 5.69 Å². The van der Waals surface area contributed by atoms with Gasteiger partial charge in [-0.3, -0.25) is 14.9 Å². The van der Waals surface area contributed by atoms with Gasteiger partial charge >= 0.3 is 0 Å². The van der Waals surface area contributed by atoms with Gasteiger partial charge in [-0.25, -0.2) is 0 Å². The molecule has 0 aromatic heterocycles. The van der Waals surface area contributed by atoms with Crippen LogP contribution >= 0.6 is 12.6 Å². The van der Waals surface area contributed by atoms with Crippen LogP contribution < -0.4 is 0 Å². The number of nitrogens with zero attached hydrogens (tertiary/aromatic N) is 1. The summed E-state index contributed by atoms with van der Waals surface area (Å²) in [4.78, 5) is 20.6. The van der Waals surface area contributed by atoms with Crippen molar-refractivity contribution in [3.05, 3.63) is 33.9 Å². The Morgan fingerprint density at radius 1 is 1.50 bits per heavy atom. The molecule has 0 spiro atoms. The molecule has 0 aliphatic heterocycles. The Balaban J connectivity index is 3.29. The molecule has 0 amide bonds. The highest BCUT2D eigenvalue weighted by Crippen LogP contribution is 2.19. The third kappa shape index (κ3) is 1.62. The molecule has 0 aliphatic carbocycles. The molecule has 62 valence electrons. The van der Waals surface area contributed by atoms with Crippen molar-refractivity contribution in [2.75, 3.05) is 0 Å². The van der Waals surface area contributed by atoms with Crippen molar-refractivity contribution in [3.8, 4) is 0 Å². The van der Waals surface area contributed by atoms with Gasteiger partial charge in [-0.15, -0.1) is 12.6 Å². The molecule has 0 heterocycles. The summed E-state index contributed by atoms with van der Waals surface area (Å²) in [6.45, 7) is 0. The number of carbonyl (C=O) groups excluding carboxylic acids is 1. The van der Waals surface area contributed by atoms with E-state index < -0.39 is 4.92 Å². The summed E-state index contributed by atoms with van der Waals surface area (Å²) in [6.07, 6.45) is 0.442. The first-order valence-electron chi connectivity index (χ1n) is 3.07. The van der Waals surface area contributed by atoms with Crippen molar-refractivity contribution in [1.29, 1.82) is 0 Å². The van der Waals surface area contributed by atoms with E-state index in [9.17, 15) is 14.9 Å². The first-order valence-corrected chi connectivity index (χ1v) is 3.52. The van der Waals surface area contributed by atoms with Crippen LogP contribution in [0.3, 0.4) is 0 Å². The lowest BCUT2D eigenvalue weighted by Gasteiger charge is -1.95. The lowest BCUT2D eigenvalue weighted by molar-refractivity contribution is -0.385. The van der Waals surface area contributed by atoms with Crippen LogP contribution in [0.15, 0.2) is 23.1 Å². The standard InChI is InChI=1S/C7H5NO3S/c9-4-5-3-6(12)1-2-7(5)8(10)11/h1-4,12H. The monoisotopic (exact) mass is 183 g/mol. The Hall–Kier alpha value is -1.36. The fourth-order valence-electron chi connectivity index (χ4n) is 0.803. The number of rotatable bonds is 2. The maximum Gasteiger partial charge on any atom is 0.279 e. The molecule has 4 nitrogen and oxygen atoms in total. The normalized spacial score (nSPS) is 9.42. The lowest BCUT2D eigenvalue weighted by Crippen LogP contribution is -1.93. The van der Waals surface area contributed by atoms with E-state index in [1.54, 1.807) is 0 Å². The van der Waals surface area contributed by atoms with Gasteiger partial charge in [-0.1, -0.05) is 0 Å². The van der Waals surface area contributed by atoms with E-state index >= 15 is 0 Å². The van der Waals surface area contributed by atoms with Gasteiger partial charge in [0.1, 0.15) is 0 Å². The van der Waals surface area contributed by atoms with Gasteiger partial charge in [0.05, 0.1) is 10.5 Å². The largest absolute Gasteiger partial charge is 0.298 e. The van der Waals surface area contributed by atoms with Crippen LogP contribution in [-0.2, 0) is 0 Å². The molecule has 0 saturated carbocycles. The second-order valence-corrected chi connectivity index (χ2v) is 2.63. The van der Waals surface area contributed by atoms with E-state index in [-0.39, 0.29) is 11.3 Å². The highest BCUT2D eigenvalue weighted by Gasteiger charge is 2.11. The smallest absolute Gasteiger partial charge is 0.279 e. The molecule has 0 N–H and O–H groups in total. The number of carbonyl (C=O) groups is 1. The van der Waals surface area contributed by atoms with E-state index in [1.165, 1.54) is 18.2 Å². The predicted octanol–water partition coefficient (Wildman–Crippen LogP) is 1.70. The van der Waals surface area contributed by atoms with Gasteiger partial charge in [-0.05, 0) is 12.1 Å². The molecular formula is C7H5NO3S. The Morgan fingerprint density at radius 3 is 2.67 bits per heavy atom. The van der Waals surface area contributed by atoms with Crippen molar-refractivity contribution in [2.45, 2.75) is 4.90 Å². The molecule has 12 heavy (non-hydrogen) atoms. The molecule has 0 aliphatic rings. The molecule has 0 fully saturated rings. The molecule has 5 heteroatoms. The maximum atomic E-state index is 10.3. The summed E-state index contributed by atoms with van der Waals surface area (Å²) in [6, 6.07) is 4.08. The minimum Gasteiger partial charge on any atom is -0.298 e. The van der Waals surface area contributed by atoms with Crippen LogP contribution in [-0.4, -0.2) is 11.2 Å². The van der Waals surface area contributed by atoms with Crippen molar-refractivity contribution in [2.24, 2.45) is 0 Å². The SMILES string of the molecule is O=Cc1cc(S)ccc1[N+](=O)[O-]. The summed E-state index contributed by atoms with van der Waals surface area (Å²) < 4.78 is 0. The van der Waals surface area contributed by atoms with Crippen molar-refractivity contribution < 1.29 is 9.72 Å². The van der Waals surface area contributed by atoms with Gasteiger partial charge in [0.25, 0.3) is 5.69 Å². The highest BCUT2D eigenvalue weighted by atomic mass is 32.1. The van der Waals surface area contributed by atoms with E-state index in [1.807, 2.05) is 0 Å². The Bertz CT molecular complexity index is 337. The minimum absolute atomic E-state index is 0.0486. The fourth-order valence-corrected chi connectivity index (χ4v) is 1.02. The molecule has 1 rings (SSSR count). The number of benzene rings is 1. The second-order valence-electron chi connectivity index (χ2n) is 2.12. The van der Waals surface area contributed by atoms with E-state index in [2.05, 4.69) is 12.6 Å². The Morgan fingerprint density at radius 2 is 2.17 bits per heavy atom. The van der Waals surface area contributed by atoms with Crippen LogP contribution in [0.2, 0.25) is 0 Å². The number of thiol groups is 1. The molecule has 1 aromatic rings. The quantitative estimate of drug-likeness (QED) is 0.328. The summed E-state index contributed by atoms with van der Waals surface area (Å²) >= 11 is 3.94. The zero-order chi connectivity index (χ0) is 9.14. The minimum atomic E-state index is -0.600. The molecule has 0 atom stereocenters. The average Bonchev–Trinajstić information content (AvgIpc) is 2.03. The molecule has 0 bridgehead atoms. The Labute approximate surface area is 73.8 Å². The molecule has 0 unspecified atom stereocenters. The van der Waals surface area contributed by atoms with Crippen LogP contribution in [0.1, 0.15) is 10.4 Å². The zero-order valence-electron chi connectivity index (χ0n) is 5.93. The first kappa shape index (κ1) is 8.73. The topological polar surface area (TPSA) is 60.2 Å². The lowest BCUT2D eigenvalue weighted by atomic mass is 10.2. The first-order chi connectivity index (χ1) is 5.65. The molecule has 0 radical (unpaired) electrons. The fraction of sp³-hybridized carbons (Fsp3) is 0. The summed E-state index contributed by atoms with van der Waals surface area (Å²) in [7, 11) is 0. The summed E-state index contributed by atoms with van der Waals surface area (Å²) in [5, 5.41) is 10.3. The van der Waals surface area contributed by atoms with Crippen LogP contribution in [0, 0.1) is 10.1 Å². The van der Waals surface area contributed by atoms with Crippen molar-refractivity contribution >= 4 is 24.6 Å². The third-order valence-electron chi connectivity index (χ3n) is 1.33. The number of hydrogen-bond acceptors (Lipinski definition) is 4. The number of nitro benzene ring substituents is 1. The summed E-state index contributed by atoms with van der Waals surface area (Å²) in [5.41, 5.74) is -0.143. The average molecular weight is 183 g/mol. The highest BCUT2D eigenvalue weighted by molar-refractivity contribution is 7.80. The number of nitro groups is 1. The van der Waals surface area contributed by atoms with Gasteiger partial charge in [0.2, 0.25) is 0 Å². The third-order valence-corrected chi connectivity index (χ3v) is 1.61. The Kier molecular flexibility index (Phi) is 2.44. The van der Waals surface area contributed by atoms with Crippen molar-refractivity contribution in [1.82, 2.24) is 0 Å². The number of aldehydes is 1. The van der Waals surface area contributed by atoms with Crippen molar-refractivity contribution in [3.63, 3.8) is 0 Å². The summed E-state index contributed by atoms with van der Waals surface area (Å²) in [5.74, 6) is 0. The molecule has 1 aromatic carbocycles. The van der Waals surface area contributed by atoms with E-state index in [0.717, 1.165) is 0 Å². The van der Waals surface area contributed by atoms with Gasteiger partial charge in [0, 0.05) is 11.0 Å². The van der Waals surface area contributed by atoms with Gasteiger partial charge in [-0.2, -0.15) is 0 Å². The predicted molar refractivity (Wildman–Crippen MR) is 45.7 cm³/mol. The molecule has 0 saturated heterocycles. The van der Waals surface area contributed by atoms with E-state index in [0.29, 0.717) is 11.2 Å². The maximum absolute atomic E-state index is 10.3. The van der Waals surface area contributed by atoms with Crippen LogP contribution in [0.5, 0.6) is 0 Å². The van der Waals surface area contributed by atoms with E-state index in [4.69, 9.17) is 0 Å². The second kappa shape index (κ2) is 3.36. The zero-order valence-corrected chi connectivity index (χ0v) is 6.82. The number of hydrogen-bond donors (Lipinski definition) is 1. The molecular weight excluding hydrogens is 178 g/mol.